The molecule has 1 aliphatic rings. The van der Waals surface area contributed by atoms with Crippen molar-refractivity contribution in [2.75, 3.05) is 20.2 Å². The standard InChI is InChI=1S/C20H19F3N2O4/c1-25(19(27)17-11-28-15-4-2-3-5-16(15)29-17)10-13-6-8-14(9-7-13)18(26)24-12-20(21,22)23/h2-9,17H,10-12H2,1H3,(H,24,26)/t17-/m1/s1. The van der Waals surface area contributed by atoms with Crippen LogP contribution in [0.2, 0.25) is 0 Å². The molecule has 2 amide bonds. The number of rotatable bonds is 5. The van der Waals surface area contributed by atoms with Crippen molar-refractivity contribution >= 4 is 11.8 Å². The summed E-state index contributed by atoms with van der Waals surface area (Å²) < 4.78 is 47.8. The van der Waals surface area contributed by atoms with Crippen molar-refractivity contribution in [3.05, 3.63) is 59.7 Å². The van der Waals surface area contributed by atoms with Gasteiger partial charge in [0.25, 0.3) is 11.8 Å². The van der Waals surface area contributed by atoms with Gasteiger partial charge in [-0.15, -0.1) is 0 Å². The average Bonchev–Trinajstić information content (AvgIpc) is 2.71. The summed E-state index contributed by atoms with van der Waals surface area (Å²) in [5.41, 5.74) is 0.818. The second-order valence-electron chi connectivity index (χ2n) is 6.55. The predicted octanol–water partition coefficient (Wildman–Crippen LogP) is 2.78. The van der Waals surface area contributed by atoms with Gasteiger partial charge < -0.3 is 19.7 Å². The molecular weight excluding hydrogens is 389 g/mol. The van der Waals surface area contributed by atoms with Gasteiger partial charge in [-0.1, -0.05) is 24.3 Å². The summed E-state index contributed by atoms with van der Waals surface area (Å²) >= 11 is 0. The van der Waals surface area contributed by atoms with Gasteiger partial charge >= 0.3 is 6.18 Å². The Kier molecular flexibility index (Phi) is 5.95. The fourth-order valence-corrected chi connectivity index (χ4v) is 2.78. The van der Waals surface area contributed by atoms with E-state index in [9.17, 15) is 22.8 Å². The van der Waals surface area contributed by atoms with E-state index in [0.29, 0.717) is 17.1 Å². The summed E-state index contributed by atoms with van der Waals surface area (Å²) in [7, 11) is 1.61. The monoisotopic (exact) mass is 408 g/mol. The number of carbonyl (C=O) groups excluding carboxylic acids is 2. The zero-order chi connectivity index (χ0) is 21.0. The fourth-order valence-electron chi connectivity index (χ4n) is 2.78. The summed E-state index contributed by atoms with van der Waals surface area (Å²) in [6, 6.07) is 13.1. The molecule has 6 nitrogen and oxygen atoms in total. The zero-order valence-corrected chi connectivity index (χ0v) is 15.5. The van der Waals surface area contributed by atoms with E-state index in [-0.39, 0.29) is 24.6 Å². The maximum absolute atomic E-state index is 12.6. The van der Waals surface area contributed by atoms with Gasteiger partial charge in [0.15, 0.2) is 11.5 Å². The summed E-state index contributed by atoms with van der Waals surface area (Å²) in [6.07, 6.45) is -5.24. The van der Waals surface area contributed by atoms with Crippen LogP contribution in [0.4, 0.5) is 13.2 Å². The normalized spacial score (nSPS) is 15.5. The van der Waals surface area contributed by atoms with Crippen LogP contribution in [0.25, 0.3) is 0 Å². The molecule has 2 aromatic rings. The lowest BCUT2D eigenvalue weighted by Gasteiger charge is -2.28. The highest BCUT2D eigenvalue weighted by Crippen LogP contribution is 2.31. The van der Waals surface area contributed by atoms with Crippen LogP contribution >= 0.6 is 0 Å². The van der Waals surface area contributed by atoms with Crippen LogP contribution < -0.4 is 14.8 Å². The van der Waals surface area contributed by atoms with E-state index in [1.54, 1.807) is 37.4 Å². The zero-order valence-electron chi connectivity index (χ0n) is 15.5. The van der Waals surface area contributed by atoms with Gasteiger partial charge in [-0.3, -0.25) is 9.59 Å². The number of nitrogens with one attached hydrogen (secondary N) is 1. The highest BCUT2D eigenvalue weighted by molar-refractivity contribution is 5.94. The smallest absolute Gasteiger partial charge is 0.405 e. The van der Waals surface area contributed by atoms with Crippen LogP contribution in [0, 0.1) is 0 Å². The Hall–Kier alpha value is -3.23. The van der Waals surface area contributed by atoms with Crippen molar-refractivity contribution in [1.82, 2.24) is 10.2 Å². The van der Waals surface area contributed by atoms with Crippen LogP contribution in [-0.4, -0.2) is 49.2 Å². The van der Waals surface area contributed by atoms with E-state index in [1.807, 2.05) is 11.4 Å². The predicted molar refractivity (Wildman–Crippen MR) is 97.7 cm³/mol. The van der Waals surface area contributed by atoms with Gasteiger partial charge in [-0.2, -0.15) is 13.2 Å². The molecule has 0 saturated heterocycles. The maximum atomic E-state index is 12.6. The first-order valence-corrected chi connectivity index (χ1v) is 8.80. The van der Waals surface area contributed by atoms with Crippen LogP contribution in [0.5, 0.6) is 11.5 Å². The van der Waals surface area contributed by atoms with Gasteiger partial charge in [0.05, 0.1) is 0 Å². The van der Waals surface area contributed by atoms with Gasteiger partial charge in [-0.25, -0.2) is 0 Å². The molecule has 0 bridgehead atoms. The SMILES string of the molecule is CN(Cc1ccc(C(=O)NCC(F)(F)F)cc1)C(=O)[C@H]1COc2ccccc2O1. The molecule has 154 valence electrons. The third kappa shape index (κ3) is 5.40. The number of carbonyl (C=O) groups is 2. The Morgan fingerprint density at radius 1 is 1.10 bits per heavy atom. The lowest BCUT2D eigenvalue weighted by atomic mass is 10.1. The number of alkyl halides is 3. The molecule has 0 aromatic heterocycles. The first kappa shape index (κ1) is 20.5. The fraction of sp³-hybridized carbons (Fsp3) is 0.300. The molecule has 1 atom stereocenters. The van der Waals surface area contributed by atoms with Gasteiger partial charge in [-0.05, 0) is 29.8 Å². The third-order valence-electron chi connectivity index (χ3n) is 4.25. The van der Waals surface area contributed by atoms with Gasteiger partial charge in [0, 0.05) is 19.2 Å². The topological polar surface area (TPSA) is 67.9 Å². The summed E-state index contributed by atoms with van der Waals surface area (Å²) in [4.78, 5) is 25.8. The van der Waals surface area contributed by atoms with E-state index in [0.717, 1.165) is 0 Å². The molecule has 0 unspecified atom stereocenters. The highest BCUT2D eigenvalue weighted by Gasteiger charge is 2.30. The summed E-state index contributed by atoms with van der Waals surface area (Å²) in [6.45, 7) is -1.05. The quantitative estimate of drug-likeness (QED) is 0.826. The molecule has 29 heavy (non-hydrogen) atoms. The minimum atomic E-state index is -4.47. The molecule has 3 rings (SSSR count). The Bertz CT molecular complexity index is 884. The minimum absolute atomic E-state index is 0.0957. The van der Waals surface area contributed by atoms with Gasteiger partial charge in [0.1, 0.15) is 13.2 Å². The van der Waals surface area contributed by atoms with Crippen molar-refractivity contribution in [2.24, 2.45) is 0 Å². The van der Waals surface area contributed by atoms with Gasteiger partial charge in [0.2, 0.25) is 6.10 Å². The molecule has 0 aliphatic carbocycles. The van der Waals surface area contributed by atoms with Crippen molar-refractivity contribution < 1.29 is 32.2 Å². The molecule has 1 heterocycles. The Balaban J connectivity index is 1.56. The molecule has 0 fully saturated rings. The van der Waals surface area contributed by atoms with Crippen molar-refractivity contribution in [1.29, 1.82) is 0 Å². The van der Waals surface area contributed by atoms with E-state index in [1.165, 1.54) is 17.0 Å². The lowest BCUT2D eigenvalue weighted by Crippen LogP contribution is -2.44. The second kappa shape index (κ2) is 8.42. The number of benzene rings is 2. The number of hydrogen-bond acceptors (Lipinski definition) is 4. The Labute approximate surface area is 165 Å². The molecule has 2 aromatic carbocycles. The molecule has 0 spiro atoms. The molecule has 0 radical (unpaired) electrons. The molecule has 0 saturated carbocycles. The van der Waals surface area contributed by atoms with Crippen molar-refractivity contribution in [2.45, 2.75) is 18.8 Å². The third-order valence-corrected chi connectivity index (χ3v) is 4.25. The molecule has 1 N–H and O–H groups in total. The van der Waals surface area contributed by atoms with Crippen LogP contribution in [0.3, 0.4) is 0 Å². The maximum Gasteiger partial charge on any atom is 0.405 e. The number of halogens is 3. The van der Waals surface area contributed by atoms with Crippen molar-refractivity contribution in [3.63, 3.8) is 0 Å². The number of ether oxygens (including phenoxy) is 2. The number of hydrogen-bond donors (Lipinski definition) is 1. The molecule has 1 aliphatic heterocycles. The summed E-state index contributed by atoms with van der Waals surface area (Å²) in [5.74, 6) is -0.00506. The first-order chi connectivity index (χ1) is 13.7. The molecular formula is C20H19F3N2O4. The Morgan fingerprint density at radius 2 is 1.76 bits per heavy atom. The van der Waals surface area contributed by atoms with Crippen molar-refractivity contribution in [3.8, 4) is 11.5 Å². The highest BCUT2D eigenvalue weighted by atomic mass is 19.4. The number of para-hydroxylation sites is 2. The van der Waals surface area contributed by atoms with Crippen LogP contribution in [-0.2, 0) is 11.3 Å². The average molecular weight is 408 g/mol. The Morgan fingerprint density at radius 3 is 2.41 bits per heavy atom. The van der Waals surface area contributed by atoms with E-state index in [4.69, 9.17) is 9.47 Å². The first-order valence-electron chi connectivity index (χ1n) is 8.80. The second-order valence-corrected chi connectivity index (χ2v) is 6.55. The van der Waals surface area contributed by atoms with E-state index < -0.39 is 24.7 Å². The number of nitrogens with zero attached hydrogens (tertiary/aromatic N) is 1. The van der Waals surface area contributed by atoms with E-state index in [2.05, 4.69) is 0 Å². The molecule has 9 heteroatoms. The largest absolute Gasteiger partial charge is 0.485 e. The number of likely N-dealkylation sites (N-methyl/N-ethyl adjacent to an activating group) is 1. The summed E-state index contributed by atoms with van der Waals surface area (Å²) in [5, 5.41) is 1.81. The minimum Gasteiger partial charge on any atom is -0.485 e. The number of amides is 2. The number of fused-ring (bicyclic) bond motifs is 1. The van der Waals surface area contributed by atoms with Crippen LogP contribution in [0.15, 0.2) is 48.5 Å². The van der Waals surface area contributed by atoms with E-state index >= 15 is 0 Å². The van der Waals surface area contributed by atoms with Crippen LogP contribution in [0.1, 0.15) is 15.9 Å². The lowest BCUT2D eigenvalue weighted by molar-refractivity contribution is -0.140.